The molecule has 0 aliphatic heterocycles. The van der Waals surface area contributed by atoms with Crippen LogP contribution in [0.1, 0.15) is 36.0 Å². The summed E-state index contributed by atoms with van der Waals surface area (Å²) in [6, 6.07) is 25.8. The smallest absolute Gasteiger partial charge is 0.494 e. The first-order chi connectivity index (χ1) is 30.5. The van der Waals surface area contributed by atoms with Crippen LogP contribution in [0.3, 0.4) is 0 Å². The Bertz CT molecular complexity index is 2430. The summed E-state index contributed by atoms with van der Waals surface area (Å²) >= 11 is 0. The van der Waals surface area contributed by atoms with E-state index in [0.29, 0.717) is 84.6 Å². The van der Waals surface area contributed by atoms with E-state index in [2.05, 4.69) is 66.5 Å². The maximum absolute atomic E-state index is 13.0. The van der Waals surface area contributed by atoms with Crippen molar-refractivity contribution in [2.24, 2.45) is 0 Å². The second-order valence-electron chi connectivity index (χ2n) is 13.7. The van der Waals surface area contributed by atoms with E-state index in [1.807, 2.05) is 50.2 Å². The summed E-state index contributed by atoms with van der Waals surface area (Å²) in [5.74, 6) is 0.657. The zero-order valence-electron chi connectivity index (χ0n) is 34.3. The van der Waals surface area contributed by atoms with E-state index in [4.69, 9.17) is 9.47 Å². The van der Waals surface area contributed by atoms with Crippen molar-refractivity contribution in [1.29, 1.82) is 0 Å². The number of halogens is 3. The van der Waals surface area contributed by atoms with Crippen molar-refractivity contribution in [3.8, 4) is 11.5 Å². The van der Waals surface area contributed by atoms with Gasteiger partial charge in [0.25, 0.3) is 0 Å². The molecule has 6 aromatic rings. The van der Waals surface area contributed by atoms with Crippen molar-refractivity contribution in [3.63, 3.8) is 0 Å². The number of carbonyl (C=O) groups is 2. The highest BCUT2D eigenvalue weighted by atomic mass is 19.4. The first kappa shape index (κ1) is 44.9. The fourth-order valence-electron chi connectivity index (χ4n) is 5.79. The molecule has 63 heavy (non-hydrogen) atoms. The molecule has 6 rings (SSSR count). The summed E-state index contributed by atoms with van der Waals surface area (Å²) in [5, 5.41) is 18.3. The number of ether oxygens (including phenoxy) is 3. The van der Waals surface area contributed by atoms with Gasteiger partial charge in [-0.05, 0) is 85.5 Å². The third kappa shape index (κ3) is 14.8. The number of nitrogens with zero attached hydrogens (tertiary/aromatic N) is 6. The van der Waals surface area contributed by atoms with Crippen LogP contribution in [0, 0.1) is 13.8 Å². The molecule has 0 fully saturated rings. The van der Waals surface area contributed by atoms with Gasteiger partial charge in [0.2, 0.25) is 35.6 Å². The Balaban J connectivity index is 0.915. The number of benzene rings is 4. The van der Waals surface area contributed by atoms with Crippen LogP contribution in [0.25, 0.3) is 0 Å². The Morgan fingerprint density at radius 3 is 1.65 bits per heavy atom. The molecule has 2 aromatic heterocycles. The highest BCUT2D eigenvalue weighted by molar-refractivity contribution is 5.98. The number of nitrogens with one attached hydrogen (secondary N) is 6. The van der Waals surface area contributed by atoms with Gasteiger partial charge in [-0.25, -0.2) is 19.9 Å². The second-order valence-corrected chi connectivity index (χ2v) is 13.7. The maximum Gasteiger partial charge on any atom is 0.573 e. The quantitative estimate of drug-likeness (QED) is 0.0358. The van der Waals surface area contributed by atoms with E-state index < -0.39 is 6.36 Å². The summed E-state index contributed by atoms with van der Waals surface area (Å²) in [4.78, 5) is 51.5. The van der Waals surface area contributed by atoms with Crippen molar-refractivity contribution in [2.45, 2.75) is 46.1 Å². The van der Waals surface area contributed by atoms with E-state index >= 15 is 0 Å². The lowest BCUT2D eigenvalue weighted by Gasteiger charge is -2.15. The molecule has 6 N–H and O–H groups in total. The number of amides is 2. The van der Waals surface area contributed by atoms with Gasteiger partial charge < -0.3 is 46.1 Å². The van der Waals surface area contributed by atoms with Gasteiger partial charge in [-0.2, -0.15) is 9.97 Å². The zero-order chi connectivity index (χ0) is 44.4. The summed E-state index contributed by atoms with van der Waals surface area (Å²) in [5.41, 5.74) is 4.99. The van der Waals surface area contributed by atoms with Gasteiger partial charge >= 0.3 is 6.36 Å². The predicted molar refractivity (Wildman–Crippen MR) is 231 cm³/mol. The van der Waals surface area contributed by atoms with Crippen molar-refractivity contribution < 1.29 is 37.0 Å². The molecule has 0 aliphatic carbocycles. The van der Waals surface area contributed by atoms with Crippen LogP contribution < -0.4 is 41.4 Å². The first-order valence-corrected chi connectivity index (χ1v) is 19.8. The average Bonchev–Trinajstić information content (AvgIpc) is 3.26. The highest BCUT2D eigenvalue weighted by Crippen LogP contribution is 2.28. The molecule has 328 valence electrons. The monoisotopic (exact) mass is 866 g/mol. The minimum Gasteiger partial charge on any atom is -0.494 e. The van der Waals surface area contributed by atoms with Crippen LogP contribution in [0.5, 0.6) is 11.5 Å². The standard InChI is InChI=1S/C43H45F3N12O5/c1-28-33(11-6-13-35(28)55-41-51-26-49-39(57-41)47-21-8-23-62-31-15-17-32(18-16-31)63-43(44,45)46)53-37(59)19-20-38(60)54-34-12-7-14-36(29(34)2)56-42-52-27-50-40(58-42)48-22-24-61-25-30-9-4-3-5-10-30/h3-7,9-18,26-27H,8,19-25H2,1-2H3,(H,53,59)(H,54,60)(H2,47,49,51,55,57)(H2,48,50,52,56,58). The molecule has 0 atom stereocenters. The molecule has 0 aliphatic rings. The van der Waals surface area contributed by atoms with Gasteiger partial charge in [-0.1, -0.05) is 42.5 Å². The SMILES string of the molecule is Cc1c(NC(=O)CCC(=O)Nc2cccc(Nc3ncnc(NCCOCc4ccccc4)n3)c2C)cccc1Nc1ncnc(NCCCOc2ccc(OC(F)(F)F)cc2)n1. The van der Waals surface area contributed by atoms with Crippen LogP contribution in [-0.2, 0) is 20.9 Å². The van der Waals surface area contributed by atoms with Crippen molar-refractivity contribution in [3.05, 3.63) is 120 Å². The molecule has 17 nitrogen and oxygen atoms in total. The lowest BCUT2D eigenvalue weighted by Crippen LogP contribution is -2.18. The van der Waals surface area contributed by atoms with Crippen LogP contribution in [0.2, 0.25) is 0 Å². The Morgan fingerprint density at radius 2 is 1.10 bits per heavy atom. The molecule has 0 saturated carbocycles. The Hall–Kier alpha value is -7.61. The first-order valence-electron chi connectivity index (χ1n) is 19.8. The maximum atomic E-state index is 13.0. The second kappa shape index (κ2) is 22.3. The molecule has 20 heteroatoms. The molecular weight excluding hydrogens is 822 g/mol. The van der Waals surface area contributed by atoms with E-state index in [1.54, 1.807) is 30.3 Å². The van der Waals surface area contributed by atoms with Crippen LogP contribution in [0.4, 0.5) is 59.7 Å². The molecule has 0 radical (unpaired) electrons. The van der Waals surface area contributed by atoms with Crippen LogP contribution in [0.15, 0.2) is 104 Å². The zero-order valence-corrected chi connectivity index (χ0v) is 34.3. The number of rotatable bonds is 22. The van der Waals surface area contributed by atoms with Crippen molar-refractivity contribution >= 4 is 58.4 Å². The van der Waals surface area contributed by atoms with E-state index in [-0.39, 0.29) is 43.0 Å². The third-order valence-electron chi connectivity index (χ3n) is 9.00. The number of anilines is 8. The molecule has 0 spiro atoms. The van der Waals surface area contributed by atoms with Gasteiger partial charge in [0, 0.05) is 48.7 Å². The normalized spacial score (nSPS) is 11.0. The van der Waals surface area contributed by atoms with Gasteiger partial charge in [0.1, 0.15) is 24.2 Å². The lowest BCUT2D eigenvalue weighted by atomic mass is 10.1. The molecule has 2 heterocycles. The average molecular weight is 867 g/mol. The summed E-state index contributed by atoms with van der Waals surface area (Å²) in [6.07, 6.45) is -1.60. The summed E-state index contributed by atoms with van der Waals surface area (Å²) in [6.45, 7) is 5.87. The molecule has 2 amide bonds. The van der Waals surface area contributed by atoms with Gasteiger partial charge in [-0.3, -0.25) is 9.59 Å². The Kier molecular flexibility index (Phi) is 15.9. The Labute approximate surface area is 360 Å². The van der Waals surface area contributed by atoms with Gasteiger partial charge in [0.15, 0.2) is 0 Å². The minimum atomic E-state index is -4.76. The topological polar surface area (TPSA) is 211 Å². The van der Waals surface area contributed by atoms with E-state index in [0.717, 1.165) is 11.1 Å². The molecule has 0 saturated heterocycles. The number of hydrogen-bond acceptors (Lipinski definition) is 15. The molecule has 0 unspecified atom stereocenters. The van der Waals surface area contributed by atoms with E-state index in [1.165, 1.54) is 36.9 Å². The fraction of sp³-hybridized carbons (Fsp3) is 0.256. The largest absolute Gasteiger partial charge is 0.573 e. The lowest BCUT2D eigenvalue weighted by molar-refractivity contribution is -0.274. The number of hydrogen-bond donors (Lipinski definition) is 6. The highest BCUT2D eigenvalue weighted by Gasteiger charge is 2.31. The minimum absolute atomic E-state index is 0.0574. The molecule has 0 bridgehead atoms. The molecule has 4 aromatic carbocycles. The predicted octanol–water partition coefficient (Wildman–Crippen LogP) is 7.93. The number of carbonyl (C=O) groups excluding carboxylic acids is 2. The molecular formula is C43H45F3N12O5. The van der Waals surface area contributed by atoms with Gasteiger partial charge in [-0.15, -0.1) is 13.2 Å². The van der Waals surface area contributed by atoms with Crippen molar-refractivity contribution in [2.75, 3.05) is 58.2 Å². The van der Waals surface area contributed by atoms with E-state index in [9.17, 15) is 22.8 Å². The Morgan fingerprint density at radius 1 is 0.587 bits per heavy atom. The fourth-order valence-corrected chi connectivity index (χ4v) is 5.79. The number of aromatic nitrogens is 6. The third-order valence-corrected chi connectivity index (χ3v) is 9.00. The summed E-state index contributed by atoms with van der Waals surface area (Å²) < 4.78 is 52.2. The van der Waals surface area contributed by atoms with Crippen LogP contribution in [-0.4, -0.2) is 74.4 Å². The van der Waals surface area contributed by atoms with Crippen LogP contribution >= 0.6 is 0 Å². The number of alkyl halides is 3. The van der Waals surface area contributed by atoms with Crippen molar-refractivity contribution in [1.82, 2.24) is 29.9 Å². The summed E-state index contributed by atoms with van der Waals surface area (Å²) in [7, 11) is 0. The van der Waals surface area contributed by atoms with Gasteiger partial charge in [0.05, 0.1) is 19.8 Å².